The number of rotatable bonds is 4. The number of carbonyl (C=O) groups excluding carboxylic acids is 1. The van der Waals surface area contributed by atoms with Crippen molar-refractivity contribution in [2.24, 2.45) is 5.92 Å². The van der Waals surface area contributed by atoms with Gasteiger partial charge < -0.3 is 4.90 Å². The number of tetrazole rings is 1. The Hall–Kier alpha value is -1.11. The van der Waals surface area contributed by atoms with Crippen LogP contribution in [-0.4, -0.2) is 49.4 Å². The maximum atomic E-state index is 12.7. The summed E-state index contributed by atoms with van der Waals surface area (Å²) in [5.74, 6) is 1.48. The van der Waals surface area contributed by atoms with Crippen LogP contribution in [0.4, 0.5) is 0 Å². The van der Waals surface area contributed by atoms with Gasteiger partial charge in [-0.1, -0.05) is 24.6 Å². The van der Waals surface area contributed by atoms with Crippen molar-refractivity contribution in [1.29, 1.82) is 0 Å². The molecule has 0 radical (unpaired) electrons. The van der Waals surface area contributed by atoms with Gasteiger partial charge in [-0.25, -0.2) is 4.68 Å². The molecule has 6 nitrogen and oxygen atoms in total. The molecule has 1 aromatic heterocycles. The molecule has 1 aliphatic heterocycles. The molecule has 0 bridgehead atoms. The number of aromatic nitrogens is 4. The van der Waals surface area contributed by atoms with Crippen LogP contribution in [0.3, 0.4) is 0 Å². The summed E-state index contributed by atoms with van der Waals surface area (Å²) in [5.41, 5.74) is 0. The van der Waals surface area contributed by atoms with E-state index in [2.05, 4.69) is 20.4 Å². The summed E-state index contributed by atoms with van der Waals surface area (Å²) in [6, 6.07) is 0.959. The fourth-order valence-corrected chi connectivity index (χ4v) is 4.80. The zero-order valence-corrected chi connectivity index (χ0v) is 13.7. The van der Waals surface area contributed by atoms with E-state index in [1.54, 1.807) is 0 Å². The van der Waals surface area contributed by atoms with E-state index >= 15 is 0 Å². The normalized spacial score (nSPS) is 28.5. The largest absolute Gasteiger partial charge is 0.339 e. The molecule has 0 N–H and O–H groups in total. The zero-order chi connectivity index (χ0) is 14.9. The molecule has 2 atom stereocenters. The van der Waals surface area contributed by atoms with Crippen molar-refractivity contribution >= 4 is 17.7 Å². The van der Waals surface area contributed by atoms with Gasteiger partial charge in [-0.05, 0) is 54.9 Å². The van der Waals surface area contributed by atoms with E-state index in [9.17, 15) is 4.79 Å². The summed E-state index contributed by atoms with van der Waals surface area (Å²) in [4.78, 5) is 14.8. The molecule has 2 heterocycles. The lowest BCUT2D eigenvalue weighted by Gasteiger charge is -2.44. The summed E-state index contributed by atoms with van der Waals surface area (Å²) in [7, 11) is 0. The van der Waals surface area contributed by atoms with Gasteiger partial charge in [0.1, 0.15) is 0 Å². The number of hydrogen-bond acceptors (Lipinski definition) is 5. The van der Waals surface area contributed by atoms with Crippen molar-refractivity contribution in [1.82, 2.24) is 25.1 Å². The molecule has 1 amide bonds. The van der Waals surface area contributed by atoms with Crippen LogP contribution in [0.25, 0.3) is 0 Å². The van der Waals surface area contributed by atoms with Crippen LogP contribution >= 0.6 is 11.8 Å². The fraction of sp³-hybridized carbons (Fsp3) is 0.867. The number of nitrogens with zero attached hydrogens (tertiary/aromatic N) is 5. The number of fused-ring (bicyclic) bond motifs is 1. The van der Waals surface area contributed by atoms with E-state index in [-0.39, 0.29) is 5.91 Å². The van der Waals surface area contributed by atoms with Gasteiger partial charge in [-0.2, -0.15) is 0 Å². The van der Waals surface area contributed by atoms with Crippen LogP contribution in [0.1, 0.15) is 57.4 Å². The van der Waals surface area contributed by atoms with Crippen LogP contribution in [0, 0.1) is 5.92 Å². The molecule has 0 aromatic carbocycles. The molecule has 0 unspecified atom stereocenters. The third-order valence-corrected chi connectivity index (χ3v) is 6.16. The third kappa shape index (κ3) is 2.87. The topological polar surface area (TPSA) is 63.9 Å². The van der Waals surface area contributed by atoms with E-state index in [0.717, 1.165) is 36.9 Å². The van der Waals surface area contributed by atoms with E-state index < -0.39 is 0 Å². The zero-order valence-electron chi connectivity index (χ0n) is 12.9. The Morgan fingerprint density at radius 2 is 1.95 bits per heavy atom. The summed E-state index contributed by atoms with van der Waals surface area (Å²) in [6.45, 7) is 0.939. The van der Waals surface area contributed by atoms with Gasteiger partial charge >= 0.3 is 0 Å². The highest BCUT2D eigenvalue weighted by Crippen LogP contribution is 2.37. The summed E-state index contributed by atoms with van der Waals surface area (Å²) in [6.07, 6.45) is 9.90. The average Bonchev–Trinajstić information content (AvgIpc) is 3.30. The Labute approximate surface area is 135 Å². The number of amides is 1. The Bertz CT molecular complexity index is 542. The molecule has 2 saturated carbocycles. The van der Waals surface area contributed by atoms with Crippen LogP contribution in [0.2, 0.25) is 0 Å². The lowest BCUT2D eigenvalue weighted by atomic mass is 9.78. The Balaban J connectivity index is 1.37. The maximum Gasteiger partial charge on any atom is 0.233 e. The van der Waals surface area contributed by atoms with Crippen molar-refractivity contribution in [3.63, 3.8) is 0 Å². The predicted octanol–water partition coefficient (Wildman–Crippen LogP) is 2.28. The molecule has 0 spiro atoms. The second kappa shape index (κ2) is 6.18. The quantitative estimate of drug-likeness (QED) is 0.796. The van der Waals surface area contributed by atoms with Gasteiger partial charge in [-0.15, -0.1) is 5.10 Å². The highest BCUT2D eigenvalue weighted by atomic mass is 32.2. The minimum atomic E-state index is 0.270. The smallest absolute Gasteiger partial charge is 0.233 e. The van der Waals surface area contributed by atoms with Gasteiger partial charge in [0.25, 0.3) is 0 Å². The molecule has 1 aromatic rings. The number of likely N-dealkylation sites (tertiary alicyclic amines) is 1. The molecule has 120 valence electrons. The lowest BCUT2D eigenvalue weighted by Crippen LogP contribution is -2.50. The minimum Gasteiger partial charge on any atom is -0.339 e. The van der Waals surface area contributed by atoms with Crippen molar-refractivity contribution in [3.05, 3.63) is 0 Å². The van der Waals surface area contributed by atoms with Crippen molar-refractivity contribution in [2.75, 3.05) is 12.3 Å². The van der Waals surface area contributed by atoms with Crippen molar-refractivity contribution in [2.45, 2.75) is 68.6 Å². The van der Waals surface area contributed by atoms with Crippen LogP contribution in [0.15, 0.2) is 5.16 Å². The second-order valence-corrected chi connectivity index (χ2v) is 7.71. The summed E-state index contributed by atoms with van der Waals surface area (Å²) < 4.78 is 1.89. The number of carbonyl (C=O) groups is 1. The first kappa shape index (κ1) is 14.5. The Morgan fingerprint density at radius 1 is 1.14 bits per heavy atom. The van der Waals surface area contributed by atoms with Crippen LogP contribution in [0.5, 0.6) is 0 Å². The summed E-state index contributed by atoms with van der Waals surface area (Å²) >= 11 is 1.50. The molecular formula is C15H23N5OS. The van der Waals surface area contributed by atoms with Gasteiger partial charge in [0, 0.05) is 12.6 Å². The first-order valence-electron chi connectivity index (χ1n) is 8.53. The van der Waals surface area contributed by atoms with Gasteiger partial charge in [-0.3, -0.25) is 4.79 Å². The standard InChI is InChI=1S/C15H23N5OS/c21-14(10-22-15-16-17-18-20(15)12-7-8-12)19-9-3-5-11-4-1-2-6-13(11)19/h11-13H,1-10H2/t11-,13+/m1/s1. The third-order valence-electron chi connectivity index (χ3n) is 5.24. The molecular weight excluding hydrogens is 298 g/mol. The summed E-state index contributed by atoms with van der Waals surface area (Å²) in [5, 5.41) is 12.7. The first-order valence-corrected chi connectivity index (χ1v) is 9.51. The van der Waals surface area contributed by atoms with E-state index in [4.69, 9.17) is 0 Å². The molecule has 2 aliphatic carbocycles. The molecule has 7 heteroatoms. The minimum absolute atomic E-state index is 0.270. The van der Waals surface area contributed by atoms with Crippen molar-refractivity contribution < 1.29 is 4.79 Å². The molecule has 3 aliphatic rings. The van der Waals surface area contributed by atoms with Gasteiger partial charge in [0.05, 0.1) is 11.8 Å². The van der Waals surface area contributed by atoms with Gasteiger partial charge in [0.2, 0.25) is 11.1 Å². The maximum absolute atomic E-state index is 12.7. The lowest BCUT2D eigenvalue weighted by molar-refractivity contribution is -0.134. The van der Waals surface area contributed by atoms with Crippen LogP contribution < -0.4 is 0 Å². The molecule has 1 saturated heterocycles. The Morgan fingerprint density at radius 3 is 2.82 bits per heavy atom. The number of piperidine rings is 1. The average molecular weight is 321 g/mol. The fourth-order valence-electron chi connectivity index (χ4n) is 3.97. The van der Waals surface area contributed by atoms with E-state index in [1.807, 2.05) is 4.68 Å². The molecule has 4 rings (SSSR count). The first-order chi connectivity index (χ1) is 10.8. The number of thioether (sulfide) groups is 1. The highest BCUT2D eigenvalue weighted by Gasteiger charge is 2.36. The van der Waals surface area contributed by atoms with Crippen molar-refractivity contribution in [3.8, 4) is 0 Å². The SMILES string of the molecule is O=C(CSc1nnnn1C1CC1)N1CCC[C@H]2CCCC[C@@H]21. The highest BCUT2D eigenvalue weighted by molar-refractivity contribution is 7.99. The number of hydrogen-bond donors (Lipinski definition) is 0. The second-order valence-electron chi connectivity index (χ2n) is 6.77. The van der Waals surface area contributed by atoms with Gasteiger partial charge in [0.15, 0.2) is 0 Å². The Kier molecular flexibility index (Phi) is 4.07. The van der Waals surface area contributed by atoms with E-state index in [0.29, 0.717) is 17.8 Å². The monoisotopic (exact) mass is 321 g/mol. The molecule has 22 heavy (non-hydrogen) atoms. The molecule has 3 fully saturated rings. The van der Waals surface area contributed by atoms with Crippen LogP contribution in [-0.2, 0) is 4.79 Å². The predicted molar refractivity (Wildman–Crippen MR) is 83.5 cm³/mol. The van der Waals surface area contributed by atoms with E-state index in [1.165, 1.54) is 43.9 Å².